The molecule has 0 bridgehead atoms. The van der Waals surface area contributed by atoms with Gasteiger partial charge in [-0.25, -0.2) is 0 Å². The van der Waals surface area contributed by atoms with Crippen LogP contribution in [0.4, 0.5) is 0 Å². The molecule has 2 aromatic rings. The Hall–Kier alpha value is -1.68. The summed E-state index contributed by atoms with van der Waals surface area (Å²) in [5.74, 6) is 1.87. The largest absolute Gasteiger partial charge is 0.370 e. The van der Waals surface area contributed by atoms with Crippen LogP contribution in [0, 0.1) is 0 Å². The first kappa shape index (κ1) is 24.4. The molecule has 2 aromatic carbocycles. The van der Waals surface area contributed by atoms with Crippen molar-refractivity contribution >= 4 is 0 Å². The molecule has 0 aliphatic carbocycles. The molecule has 0 saturated carbocycles. The minimum absolute atomic E-state index is 0.0809. The second-order valence-electron chi connectivity index (χ2n) is 11.1. The third-order valence-corrected chi connectivity index (χ3v) is 7.10. The zero-order valence-electron chi connectivity index (χ0n) is 21.7. The Morgan fingerprint density at radius 3 is 1.21 bits per heavy atom. The molecule has 2 aliphatic heterocycles. The molecule has 3 nitrogen and oxygen atoms in total. The molecule has 4 unspecified atom stereocenters. The van der Waals surface area contributed by atoms with Crippen molar-refractivity contribution < 1.29 is 14.2 Å². The van der Waals surface area contributed by atoms with Gasteiger partial charge in [-0.2, -0.15) is 0 Å². The first-order valence-corrected chi connectivity index (χ1v) is 12.8. The van der Waals surface area contributed by atoms with Gasteiger partial charge in [-0.3, -0.25) is 0 Å². The fourth-order valence-corrected chi connectivity index (χ4v) is 4.76. The summed E-state index contributed by atoms with van der Waals surface area (Å²) in [6.07, 6.45) is 0.0716. The second kappa shape index (κ2) is 9.90. The first-order valence-electron chi connectivity index (χ1n) is 12.8. The molecule has 2 fully saturated rings. The van der Waals surface area contributed by atoms with Crippen molar-refractivity contribution in [2.75, 3.05) is 13.2 Å². The number of epoxide rings is 2. The zero-order valence-corrected chi connectivity index (χ0v) is 21.7. The number of hydrogen-bond donors (Lipinski definition) is 0. The molecular weight excluding hydrogens is 408 g/mol. The summed E-state index contributed by atoms with van der Waals surface area (Å²) < 4.78 is 18.7. The number of ether oxygens (including phenoxy) is 3. The van der Waals surface area contributed by atoms with E-state index in [2.05, 4.69) is 91.8 Å². The lowest BCUT2D eigenvalue weighted by molar-refractivity contribution is -0.0428. The van der Waals surface area contributed by atoms with Crippen molar-refractivity contribution in [3.8, 4) is 0 Å². The highest BCUT2D eigenvalue weighted by Gasteiger charge is 2.43. The van der Waals surface area contributed by atoms with Crippen LogP contribution in [0.15, 0.2) is 36.4 Å². The molecule has 0 radical (unpaired) electrons. The van der Waals surface area contributed by atoms with Crippen LogP contribution >= 0.6 is 0 Å². The van der Waals surface area contributed by atoms with Gasteiger partial charge in [0.2, 0.25) is 0 Å². The third-order valence-electron chi connectivity index (χ3n) is 7.10. The van der Waals surface area contributed by atoms with Gasteiger partial charge in [0, 0.05) is 0 Å². The molecule has 0 spiro atoms. The molecule has 4 atom stereocenters. The van der Waals surface area contributed by atoms with Gasteiger partial charge < -0.3 is 14.2 Å². The lowest BCUT2D eigenvalue weighted by atomic mass is 9.87. The molecule has 0 N–H and O–H groups in total. The minimum Gasteiger partial charge on any atom is -0.370 e. The smallest absolute Gasteiger partial charge is 0.112 e. The van der Waals surface area contributed by atoms with Crippen LogP contribution in [0.5, 0.6) is 0 Å². The maximum absolute atomic E-state index is 7.00. The average molecular weight is 451 g/mol. The predicted octanol–water partition coefficient (Wildman–Crippen LogP) is 7.78. The van der Waals surface area contributed by atoms with E-state index >= 15 is 0 Å². The Morgan fingerprint density at radius 1 is 0.576 bits per heavy atom. The Bertz CT molecular complexity index is 874. The topological polar surface area (TPSA) is 34.3 Å². The Labute approximate surface area is 200 Å². The van der Waals surface area contributed by atoms with Crippen LogP contribution in [-0.2, 0) is 14.2 Å². The van der Waals surface area contributed by atoms with E-state index in [9.17, 15) is 0 Å². The van der Waals surface area contributed by atoms with Gasteiger partial charge in [0.05, 0.1) is 13.2 Å². The van der Waals surface area contributed by atoms with E-state index in [0.29, 0.717) is 23.7 Å². The van der Waals surface area contributed by atoms with Crippen molar-refractivity contribution in [2.45, 2.75) is 103 Å². The fraction of sp³-hybridized carbons (Fsp3) is 0.600. The van der Waals surface area contributed by atoms with Crippen molar-refractivity contribution in [2.24, 2.45) is 0 Å². The Morgan fingerprint density at radius 2 is 0.939 bits per heavy atom. The van der Waals surface area contributed by atoms with E-state index in [4.69, 9.17) is 14.2 Å². The van der Waals surface area contributed by atoms with Gasteiger partial charge in [0.15, 0.2) is 0 Å². The van der Waals surface area contributed by atoms with E-state index < -0.39 is 0 Å². The van der Waals surface area contributed by atoms with E-state index in [1.54, 1.807) is 0 Å². The van der Waals surface area contributed by atoms with E-state index in [-0.39, 0.29) is 24.4 Å². The number of benzene rings is 2. The van der Waals surface area contributed by atoms with Crippen LogP contribution in [0.1, 0.15) is 125 Å². The summed E-state index contributed by atoms with van der Waals surface area (Å²) >= 11 is 0. The number of hydrogen-bond acceptors (Lipinski definition) is 3. The summed E-state index contributed by atoms with van der Waals surface area (Å²) in [6, 6.07) is 13.9. The minimum atomic E-state index is -0.0809. The quantitative estimate of drug-likeness (QED) is 0.347. The van der Waals surface area contributed by atoms with Gasteiger partial charge in [0.25, 0.3) is 0 Å². The molecule has 4 rings (SSSR count). The van der Waals surface area contributed by atoms with Gasteiger partial charge in [0.1, 0.15) is 24.4 Å². The van der Waals surface area contributed by atoms with E-state index in [0.717, 1.165) is 13.2 Å². The SMILES string of the molecule is CC(C)c1ccc(C(OC(c2ccc(C(C)C)cc2C(C)C)C2CO2)C2CO2)c(C(C)C)c1. The molecule has 3 heteroatoms. The fourth-order valence-electron chi connectivity index (χ4n) is 4.76. The molecule has 0 amide bonds. The third kappa shape index (κ3) is 5.53. The Kier molecular flexibility index (Phi) is 7.33. The van der Waals surface area contributed by atoms with Crippen LogP contribution < -0.4 is 0 Å². The number of rotatable bonds is 10. The molecular formula is C30H42O3. The van der Waals surface area contributed by atoms with Gasteiger partial charge in [-0.05, 0) is 57.1 Å². The summed E-state index contributed by atoms with van der Waals surface area (Å²) in [5.41, 5.74) is 8.05. The molecule has 2 aliphatic rings. The van der Waals surface area contributed by atoms with E-state index in [1.165, 1.54) is 33.4 Å². The van der Waals surface area contributed by atoms with Crippen LogP contribution in [0.2, 0.25) is 0 Å². The highest BCUT2D eigenvalue weighted by molar-refractivity contribution is 5.40. The normalized spacial score (nSPS) is 21.8. The monoisotopic (exact) mass is 450 g/mol. The van der Waals surface area contributed by atoms with E-state index in [1.807, 2.05) is 0 Å². The van der Waals surface area contributed by atoms with Gasteiger partial charge in [-0.1, -0.05) is 91.8 Å². The second-order valence-corrected chi connectivity index (χ2v) is 11.1. The zero-order chi connectivity index (χ0) is 23.9. The van der Waals surface area contributed by atoms with Crippen molar-refractivity contribution in [3.05, 3.63) is 69.8 Å². The van der Waals surface area contributed by atoms with Gasteiger partial charge in [-0.15, -0.1) is 0 Å². The maximum atomic E-state index is 7.00. The van der Waals surface area contributed by atoms with Crippen molar-refractivity contribution in [3.63, 3.8) is 0 Å². The van der Waals surface area contributed by atoms with Crippen molar-refractivity contribution in [1.82, 2.24) is 0 Å². The maximum Gasteiger partial charge on any atom is 0.112 e. The van der Waals surface area contributed by atoms with Crippen LogP contribution in [0.25, 0.3) is 0 Å². The highest BCUT2D eigenvalue weighted by atomic mass is 16.6. The summed E-state index contributed by atoms with van der Waals surface area (Å²) in [5, 5.41) is 0. The van der Waals surface area contributed by atoms with Gasteiger partial charge >= 0.3 is 0 Å². The van der Waals surface area contributed by atoms with Crippen LogP contribution in [-0.4, -0.2) is 25.4 Å². The molecule has 33 heavy (non-hydrogen) atoms. The Balaban J connectivity index is 1.72. The summed E-state index contributed by atoms with van der Waals surface area (Å²) in [6.45, 7) is 19.6. The summed E-state index contributed by atoms with van der Waals surface area (Å²) in [7, 11) is 0. The molecule has 180 valence electrons. The average Bonchev–Trinajstić information content (AvgIpc) is 3.67. The van der Waals surface area contributed by atoms with Crippen molar-refractivity contribution in [1.29, 1.82) is 0 Å². The lowest BCUT2D eigenvalue weighted by Gasteiger charge is -2.29. The molecule has 2 heterocycles. The van der Waals surface area contributed by atoms with Crippen LogP contribution in [0.3, 0.4) is 0 Å². The summed E-state index contributed by atoms with van der Waals surface area (Å²) in [4.78, 5) is 0. The standard InChI is InChI=1S/C30H42O3/c1-17(2)21-9-11-23(25(13-21)19(5)6)29(27-15-31-27)33-30(28-16-32-28)24-12-10-22(18(3)4)14-26(24)20(7)8/h9-14,17-20,27-30H,15-16H2,1-8H3. The lowest BCUT2D eigenvalue weighted by Crippen LogP contribution is -2.22. The molecule has 2 saturated heterocycles. The predicted molar refractivity (Wildman–Crippen MR) is 135 cm³/mol. The molecule has 0 aromatic heterocycles. The first-order chi connectivity index (χ1) is 15.7. The highest BCUT2D eigenvalue weighted by Crippen LogP contribution is 2.44.